The summed E-state index contributed by atoms with van der Waals surface area (Å²) in [5, 5.41) is 0.849. The van der Waals surface area contributed by atoms with E-state index in [4.69, 9.17) is 17.3 Å². The van der Waals surface area contributed by atoms with Crippen molar-refractivity contribution in [3.63, 3.8) is 0 Å². The van der Waals surface area contributed by atoms with E-state index in [1.165, 1.54) is 5.56 Å². The van der Waals surface area contributed by atoms with Crippen LogP contribution in [0.15, 0.2) is 18.2 Å². The van der Waals surface area contributed by atoms with Crippen LogP contribution >= 0.6 is 11.6 Å². The smallest absolute Gasteiger partial charge is 0.0437 e. The van der Waals surface area contributed by atoms with Gasteiger partial charge in [-0.1, -0.05) is 23.7 Å². The Labute approximate surface area is 84.9 Å². The van der Waals surface area contributed by atoms with Crippen LogP contribution in [0.1, 0.15) is 24.5 Å². The first-order valence-corrected chi connectivity index (χ1v) is 4.98. The number of benzene rings is 1. The van der Waals surface area contributed by atoms with Gasteiger partial charge in [-0.05, 0) is 43.9 Å². The van der Waals surface area contributed by atoms with Gasteiger partial charge in [0, 0.05) is 11.1 Å². The quantitative estimate of drug-likeness (QED) is 0.793. The molecule has 2 heteroatoms. The van der Waals surface area contributed by atoms with Gasteiger partial charge in [-0.25, -0.2) is 0 Å². The summed E-state index contributed by atoms with van der Waals surface area (Å²) in [6.45, 7) is 4.04. The Balaban J connectivity index is 2.63. The summed E-state index contributed by atoms with van der Waals surface area (Å²) >= 11 is 6.00. The van der Waals surface area contributed by atoms with Crippen LogP contribution < -0.4 is 5.73 Å². The number of rotatable bonds is 3. The molecule has 0 aromatic heterocycles. The van der Waals surface area contributed by atoms with Crippen LogP contribution in [-0.2, 0) is 6.42 Å². The van der Waals surface area contributed by atoms with Gasteiger partial charge in [-0.2, -0.15) is 0 Å². The third kappa shape index (κ3) is 3.37. The summed E-state index contributed by atoms with van der Waals surface area (Å²) < 4.78 is 0. The molecule has 1 rings (SSSR count). The van der Waals surface area contributed by atoms with Crippen molar-refractivity contribution in [2.45, 2.75) is 32.7 Å². The predicted molar refractivity (Wildman–Crippen MR) is 58.2 cm³/mol. The zero-order valence-corrected chi connectivity index (χ0v) is 8.93. The lowest BCUT2D eigenvalue weighted by Gasteiger charge is -2.06. The second kappa shape index (κ2) is 4.64. The van der Waals surface area contributed by atoms with Gasteiger partial charge in [0.15, 0.2) is 0 Å². The van der Waals surface area contributed by atoms with E-state index >= 15 is 0 Å². The van der Waals surface area contributed by atoms with Gasteiger partial charge in [0.1, 0.15) is 0 Å². The monoisotopic (exact) mass is 197 g/mol. The minimum atomic E-state index is 0.264. The number of aryl methyl sites for hydroxylation is 2. The molecular formula is C11H16ClN. The van der Waals surface area contributed by atoms with Gasteiger partial charge in [-0.3, -0.25) is 0 Å². The molecule has 2 N–H and O–H groups in total. The van der Waals surface area contributed by atoms with Crippen molar-refractivity contribution in [3.05, 3.63) is 34.3 Å². The Morgan fingerprint density at radius 3 is 2.69 bits per heavy atom. The molecule has 0 saturated carbocycles. The van der Waals surface area contributed by atoms with E-state index in [2.05, 4.69) is 12.1 Å². The van der Waals surface area contributed by atoms with Crippen molar-refractivity contribution in [1.82, 2.24) is 0 Å². The molecule has 0 aliphatic carbocycles. The maximum Gasteiger partial charge on any atom is 0.0437 e. The number of halogens is 1. The molecular weight excluding hydrogens is 182 g/mol. The first-order chi connectivity index (χ1) is 6.09. The third-order valence-electron chi connectivity index (χ3n) is 2.12. The van der Waals surface area contributed by atoms with Gasteiger partial charge in [0.05, 0.1) is 0 Å². The first-order valence-electron chi connectivity index (χ1n) is 4.60. The van der Waals surface area contributed by atoms with E-state index in [0.29, 0.717) is 0 Å². The highest BCUT2D eigenvalue weighted by Crippen LogP contribution is 2.17. The molecule has 0 spiro atoms. The zero-order valence-electron chi connectivity index (χ0n) is 8.18. The fraction of sp³-hybridized carbons (Fsp3) is 0.455. The molecule has 0 amide bonds. The van der Waals surface area contributed by atoms with Gasteiger partial charge < -0.3 is 5.73 Å². The summed E-state index contributed by atoms with van der Waals surface area (Å²) in [5.74, 6) is 0. The first kappa shape index (κ1) is 10.6. The van der Waals surface area contributed by atoms with Crippen molar-refractivity contribution in [1.29, 1.82) is 0 Å². The Kier molecular flexibility index (Phi) is 3.76. The molecule has 0 aliphatic rings. The summed E-state index contributed by atoms with van der Waals surface area (Å²) in [6.07, 6.45) is 2.02. The van der Waals surface area contributed by atoms with Crippen LogP contribution in [-0.4, -0.2) is 6.04 Å². The minimum Gasteiger partial charge on any atom is -0.328 e. The maximum absolute atomic E-state index is 6.00. The van der Waals surface area contributed by atoms with Crippen molar-refractivity contribution in [2.75, 3.05) is 0 Å². The predicted octanol–water partition coefficient (Wildman–Crippen LogP) is 2.93. The van der Waals surface area contributed by atoms with Crippen molar-refractivity contribution >= 4 is 11.6 Å². The standard InChI is InChI=1S/C11H16ClN/c1-8-3-5-10(7-11(8)12)6-4-9(2)13/h3,5,7,9H,4,6,13H2,1-2H3. The average molecular weight is 198 g/mol. The fourth-order valence-electron chi connectivity index (χ4n) is 1.19. The lowest BCUT2D eigenvalue weighted by molar-refractivity contribution is 0.666. The molecule has 1 aromatic carbocycles. The van der Waals surface area contributed by atoms with E-state index in [1.807, 2.05) is 19.9 Å². The second-order valence-electron chi connectivity index (χ2n) is 3.60. The molecule has 1 nitrogen and oxygen atoms in total. The molecule has 0 heterocycles. The number of hydrogen-bond donors (Lipinski definition) is 1. The molecule has 72 valence electrons. The Bertz CT molecular complexity index is 281. The fourth-order valence-corrected chi connectivity index (χ4v) is 1.39. The SMILES string of the molecule is Cc1ccc(CCC(C)N)cc1Cl. The molecule has 0 saturated heterocycles. The topological polar surface area (TPSA) is 26.0 Å². The van der Waals surface area contributed by atoms with E-state index < -0.39 is 0 Å². The van der Waals surface area contributed by atoms with E-state index in [9.17, 15) is 0 Å². The van der Waals surface area contributed by atoms with E-state index in [0.717, 1.165) is 23.4 Å². The molecule has 13 heavy (non-hydrogen) atoms. The molecule has 0 fully saturated rings. The summed E-state index contributed by atoms with van der Waals surface area (Å²) in [5.41, 5.74) is 8.08. The normalized spacial score (nSPS) is 12.9. The summed E-state index contributed by atoms with van der Waals surface area (Å²) in [6, 6.07) is 6.46. The van der Waals surface area contributed by atoms with Crippen molar-refractivity contribution in [2.24, 2.45) is 5.73 Å². The number of nitrogens with two attached hydrogens (primary N) is 1. The van der Waals surface area contributed by atoms with Crippen LogP contribution in [0.3, 0.4) is 0 Å². The second-order valence-corrected chi connectivity index (χ2v) is 4.01. The van der Waals surface area contributed by atoms with Crippen LogP contribution in [0.4, 0.5) is 0 Å². The van der Waals surface area contributed by atoms with Crippen LogP contribution in [0.5, 0.6) is 0 Å². The Morgan fingerprint density at radius 2 is 2.15 bits per heavy atom. The largest absolute Gasteiger partial charge is 0.328 e. The molecule has 1 atom stereocenters. The zero-order chi connectivity index (χ0) is 9.84. The number of hydrogen-bond acceptors (Lipinski definition) is 1. The molecule has 1 unspecified atom stereocenters. The van der Waals surface area contributed by atoms with Gasteiger partial charge in [-0.15, -0.1) is 0 Å². The molecule has 0 aliphatic heterocycles. The van der Waals surface area contributed by atoms with Gasteiger partial charge >= 0.3 is 0 Å². The van der Waals surface area contributed by atoms with Gasteiger partial charge in [0.25, 0.3) is 0 Å². The highest BCUT2D eigenvalue weighted by molar-refractivity contribution is 6.31. The highest BCUT2D eigenvalue weighted by Gasteiger charge is 1.99. The van der Waals surface area contributed by atoms with E-state index in [1.54, 1.807) is 0 Å². The maximum atomic E-state index is 6.00. The van der Waals surface area contributed by atoms with Gasteiger partial charge in [0.2, 0.25) is 0 Å². The van der Waals surface area contributed by atoms with Crippen molar-refractivity contribution in [3.8, 4) is 0 Å². The Hall–Kier alpha value is -0.530. The van der Waals surface area contributed by atoms with Crippen LogP contribution in [0, 0.1) is 6.92 Å². The Morgan fingerprint density at radius 1 is 1.46 bits per heavy atom. The average Bonchev–Trinajstić information content (AvgIpc) is 2.07. The lowest BCUT2D eigenvalue weighted by atomic mass is 10.1. The molecule has 0 radical (unpaired) electrons. The highest BCUT2D eigenvalue weighted by atomic mass is 35.5. The van der Waals surface area contributed by atoms with Crippen LogP contribution in [0.25, 0.3) is 0 Å². The summed E-state index contributed by atoms with van der Waals surface area (Å²) in [4.78, 5) is 0. The molecule has 0 bridgehead atoms. The summed E-state index contributed by atoms with van der Waals surface area (Å²) in [7, 11) is 0. The molecule has 1 aromatic rings. The third-order valence-corrected chi connectivity index (χ3v) is 2.53. The minimum absolute atomic E-state index is 0.264. The lowest BCUT2D eigenvalue weighted by Crippen LogP contribution is -2.15. The van der Waals surface area contributed by atoms with E-state index in [-0.39, 0.29) is 6.04 Å². The van der Waals surface area contributed by atoms with Crippen LogP contribution in [0.2, 0.25) is 5.02 Å². The van der Waals surface area contributed by atoms with Crippen molar-refractivity contribution < 1.29 is 0 Å².